The number of hydrogen-bond donors (Lipinski definition) is 0. The van der Waals surface area contributed by atoms with Crippen LogP contribution in [0.1, 0.15) is 5.56 Å². The van der Waals surface area contributed by atoms with Gasteiger partial charge in [0.1, 0.15) is 10.9 Å². The van der Waals surface area contributed by atoms with Crippen LogP contribution in [0.3, 0.4) is 0 Å². The SMILES string of the molecule is COc1cccc(-c2nc(Cl)c3c(C)ccc(Cl)c3n2)c1. The summed E-state index contributed by atoms with van der Waals surface area (Å²) >= 11 is 12.6. The monoisotopic (exact) mass is 318 g/mol. The zero-order valence-corrected chi connectivity index (χ0v) is 13.0. The molecule has 0 atom stereocenters. The van der Waals surface area contributed by atoms with E-state index < -0.39 is 0 Å². The minimum Gasteiger partial charge on any atom is -0.497 e. The minimum absolute atomic E-state index is 0.401. The maximum absolute atomic E-state index is 6.32. The van der Waals surface area contributed by atoms with E-state index in [9.17, 15) is 0 Å². The van der Waals surface area contributed by atoms with Crippen LogP contribution in [-0.2, 0) is 0 Å². The number of hydrogen-bond acceptors (Lipinski definition) is 3. The van der Waals surface area contributed by atoms with Gasteiger partial charge in [0, 0.05) is 10.9 Å². The molecule has 3 rings (SSSR count). The van der Waals surface area contributed by atoms with E-state index in [-0.39, 0.29) is 0 Å². The van der Waals surface area contributed by atoms with Crippen molar-refractivity contribution in [2.24, 2.45) is 0 Å². The average molecular weight is 319 g/mol. The Hall–Kier alpha value is -1.84. The van der Waals surface area contributed by atoms with Crippen molar-refractivity contribution in [2.45, 2.75) is 6.92 Å². The summed E-state index contributed by atoms with van der Waals surface area (Å²) in [4.78, 5) is 8.95. The Morgan fingerprint density at radius 3 is 2.62 bits per heavy atom. The zero-order chi connectivity index (χ0) is 15.0. The van der Waals surface area contributed by atoms with Crippen LogP contribution in [0.25, 0.3) is 22.3 Å². The van der Waals surface area contributed by atoms with Crippen molar-refractivity contribution >= 4 is 34.1 Å². The Morgan fingerprint density at radius 1 is 1.05 bits per heavy atom. The Labute approximate surface area is 132 Å². The second kappa shape index (κ2) is 5.51. The second-order valence-electron chi connectivity index (χ2n) is 4.66. The molecule has 106 valence electrons. The molecule has 1 heterocycles. The van der Waals surface area contributed by atoms with E-state index in [0.717, 1.165) is 22.3 Å². The van der Waals surface area contributed by atoms with Crippen molar-refractivity contribution in [3.8, 4) is 17.1 Å². The molecule has 2 aromatic carbocycles. The quantitative estimate of drug-likeness (QED) is 0.629. The third kappa shape index (κ3) is 2.55. The summed E-state index contributed by atoms with van der Waals surface area (Å²) in [7, 11) is 1.62. The first-order chi connectivity index (χ1) is 10.1. The van der Waals surface area contributed by atoms with E-state index in [1.165, 1.54) is 0 Å². The van der Waals surface area contributed by atoms with Crippen LogP contribution in [0.15, 0.2) is 36.4 Å². The summed E-state index contributed by atoms with van der Waals surface area (Å²) in [5, 5.41) is 1.75. The standard InChI is InChI=1S/C16H12Cl2N2O/c1-9-6-7-12(17)14-13(9)15(18)20-16(19-14)10-4-3-5-11(8-10)21-2/h3-8H,1-2H3. The minimum atomic E-state index is 0.401. The number of fused-ring (bicyclic) bond motifs is 1. The van der Waals surface area contributed by atoms with Crippen molar-refractivity contribution in [2.75, 3.05) is 7.11 Å². The van der Waals surface area contributed by atoms with Gasteiger partial charge < -0.3 is 4.74 Å². The van der Waals surface area contributed by atoms with Crippen molar-refractivity contribution in [3.63, 3.8) is 0 Å². The predicted molar refractivity (Wildman–Crippen MR) is 86.3 cm³/mol. The molecule has 0 saturated carbocycles. The smallest absolute Gasteiger partial charge is 0.161 e. The number of ether oxygens (including phenoxy) is 1. The van der Waals surface area contributed by atoms with Gasteiger partial charge in [-0.3, -0.25) is 0 Å². The Kier molecular flexibility index (Phi) is 3.70. The van der Waals surface area contributed by atoms with E-state index >= 15 is 0 Å². The summed E-state index contributed by atoms with van der Waals surface area (Å²) in [6.07, 6.45) is 0. The molecule has 0 N–H and O–H groups in total. The van der Waals surface area contributed by atoms with Gasteiger partial charge in [0.2, 0.25) is 0 Å². The first-order valence-electron chi connectivity index (χ1n) is 6.37. The molecule has 0 saturated heterocycles. The molecule has 0 fully saturated rings. The van der Waals surface area contributed by atoms with Crippen molar-refractivity contribution in [3.05, 3.63) is 52.1 Å². The normalized spacial score (nSPS) is 10.9. The third-order valence-electron chi connectivity index (χ3n) is 3.29. The van der Waals surface area contributed by atoms with Crippen molar-refractivity contribution in [1.82, 2.24) is 9.97 Å². The predicted octanol–water partition coefficient (Wildman–Crippen LogP) is 4.92. The van der Waals surface area contributed by atoms with Crippen LogP contribution in [0.4, 0.5) is 0 Å². The van der Waals surface area contributed by atoms with Gasteiger partial charge in [-0.1, -0.05) is 41.4 Å². The van der Waals surface area contributed by atoms with E-state index in [1.807, 2.05) is 43.3 Å². The summed E-state index contributed by atoms with van der Waals surface area (Å²) in [5.74, 6) is 1.27. The lowest BCUT2D eigenvalue weighted by Crippen LogP contribution is -1.94. The number of aromatic nitrogens is 2. The zero-order valence-electron chi connectivity index (χ0n) is 11.5. The lowest BCUT2D eigenvalue weighted by atomic mass is 10.1. The van der Waals surface area contributed by atoms with Gasteiger partial charge in [-0.15, -0.1) is 0 Å². The van der Waals surface area contributed by atoms with Crippen molar-refractivity contribution in [1.29, 1.82) is 0 Å². The van der Waals surface area contributed by atoms with Gasteiger partial charge in [0.25, 0.3) is 0 Å². The number of aryl methyl sites for hydroxylation is 1. The molecule has 3 nitrogen and oxygen atoms in total. The highest BCUT2D eigenvalue weighted by Crippen LogP contribution is 2.32. The lowest BCUT2D eigenvalue weighted by molar-refractivity contribution is 0.415. The Bertz CT molecular complexity index is 834. The van der Waals surface area contributed by atoms with E-state index in [1.54, 1.807) is 7.11 Å². The number of halogens is 2. The van der Waals surface area contributed by atoms with Gasteiger partial charge in [0.15, 0.2) is 5.82 Å². The van der Waals surface area contributed by atoms with Gasteiger partial charge in [-0.05, 0) is 30.7 Å². The van der Waals surface area contributed by atoms with Crippen LogP contribution < -0.4 is 4.74 Å². The highest BCUT2D eigenvalue weighted by Gasteiger charge is 2.12. The Balaban J connectivity index is 2.27. The average Bonchev–Trinajstić information content (AvgIpc) is 2.50. The van der Waals surface area contributed by atoms with Gasteiger partial charge in [-0.25, -0.2) is 9.97 Å². The summed E-state index contributed by atoms with van der Waals surface area (Å²) in [6, 6.07) is 11.2. The molecule has 0 radical (unpaired) electrons. The van der Waals surface area contributed by atoms with E-state index in [2.05, 4.69) is 9.97 Å². The highest BCUT2D eigenvalue weighted by molar-refractivity contribution is 6.38. The molecule has 0 amide bonds. The maximum atomic E-state index is 6.32. The molecular weight excluding hydrogens is 307 g/mol. The molecule has 3 aromatic rings. The molecule has 0 aliphatic carbocycles. The molecule has 0 spiro atoms. The molecule has 0 unspecified atom stereocenters. The first kappa shape index (κ1) is 14.1. The summed E-state index contributed by atoms with van der Waals surface area (Å²) in [6.45, 7) is 1.96. The van der Waals surface area contributed by atoms with Crippen LogP contribution in [-0.4, -0.2) is 17.1 Å². The summed E-state index contributed by atoms with van der Waals surface area (Å²) < 4.78 is 5.22. The molecule has 0 aliphatic heterocycles. The lowest BCUT2D eigenvalue weighted by Gasteiger charge is -2.09. The third-order valence-corrected chi connectivity index (χ3v) is 3.87. The largest absolute Gasteiger partial charge is 0.497 e. The fourth-order valence-electron chi connectivity index (χ4n) is 2.21. The molecule has 1 aromatic heterocycles. The van der Waals surface area contributed by atoms with Crippen LogP contribution in [0.5, 0.6) is 5.75 Å². The second-order valence-corrected chi connectivity index (χ2v) is 5.42. The number of benzene rings is 2. The summed E-state index contributed by atoms with van der Waals surface area (Å²) in [5.41, 5.74) is 2.49. The number of rotatable bonds is 2. The molecule has 0 aliphatic rings. The van der Waals surface area contributed by atoms with Gasteiger partial charge in [-0.2, -0.15) is 0 Å². The highest BCUT2D eigenvalue weighted by atomic mass is 35.5. The number of nitrogens with zero attached hydrogens (tertiary/aromatic N) is 2. The van der Waals surface area contributed by atoms with Crippen LogP contribution in [0.2, 0.25) is 10.2 Å². The maximum Gasteiger partial charge on any atom is 0.161 e. The molecule has 21 heavy (non-hydrogen) atoms. The van der Waals surface area contributed by atoms with Crippen molar-refractivity contribution < 1.29 is 4.74 Å². The molecule has 0 bridgehead atoms. The topological polar surface area (TPSA) is 35.0 Å². The number of methoxy groups -OCH3 is 1. The fourth-order valence-corrected chi connectivity index (χ4v) is 2.73. The van der Waals surface area contributed by atoms with Crippen LogP contribution in [0, 0.1) is 6.92 Å². The molecular formula is C16H12Cl2N2O. The van der Waals surface area contributed by atoms with Crippen LogP contribution >= 0.6 is 23.2 Å². The Morgan fingerprint density at radius 2 is 1.86 bits per heavy atom. The molecule has 5 heteroatoms. The fraction of sp³-hybridized carbons (Fsp3) is 0.125. The first-order valence-corrected chi connectivity index (χ1v) is 7.12. The van der Waals surface area contributed by atoms with Gasteiger partial charge in [0.05, 0.1) is 17.6 Å². The van der Waals surface area contributed by atoms with Gasteiger partial charge >= 0.3 is 0 Å². The van der Waals surface area contributed by atoms with E-state index in [0.29, 0.717) is 21.5 Å². The van der Waals surface area contributed by atoms with E-state index in [4.69, 9.17) is 27.9 Å².